The van der Waals surface area contributed by atoms with Gasteiger partial charge < -0.3 is 14.8 Å². The van der Waals surface area contributed by atoms with Gasteiger partial charge in [0.15, 0.2) is 0 Å². The number of nitrogens with one attached hydrogen (secondary N) is 1. The summed E-state index contributed by atoms with van der Waals surface area (Å²) in [7, 11) is -3.73. The SMILES string of the molecule is CCOc1ccc(NC(=O)C(C)(C)C)cc1S(=O)(=O)N1CCOCC1. The zero-order valence-electron chi connectivity index (χ0n) is 15.2. The largest absolute Gasteiger partial charge is 0.492 e. The molecule has 0 saturated carbocycles. The van der Waals surface area contributed by atoms with Gasteiger partial charge in [-0.3, -0.25) is 4.79 Å². The van der Waals surface area contributed by atoms with E-state index in [1.807, 2.05) is 0 Å². The van der Waals surface area contributed by atoms with E-state index in [4.69, 9.17) is 9.47 Å². The predicted octanol–water partition coefficient (Wildman–Crippen LogP) is 2.09. The van der Waals surface area contributed by atoms with Crippen LogP contribution in [0.1, 0.15) is 27.7 Å². The summed E-state index contributed by atoms with van der Waals surface area (Å²) < 4.78 is 38.1. The zero-order valence-corrected chi connectivity index (χ0v) is 16.0. The quantitative estimate of drug-likeness (QED) is 0.858. The molecule has 1 aliphatic heterocycles. The van der Waals surface area contributed by atoms with Gasteiger partial charge in [-0.2, -0.15) is 4.31 Å². The van der Waals surface area contributed by atoms with E-state index in [9.17, 15) is 13.2 Å². The molecule has 0 unspecified atom stereocenters. The van der Waals surface area contributed by atoms with Crippen molar-refractivity contribution in [1.29, 1.82) is 0 Å². The van der Waals surface area contributed by atoms with Crippen LogP contribution in [0.5, 0.6) is 5.75 Å². The lowest BCUT2D eigenvalue weighted by Crippen LogP contribution is -2.40. The van der Waals surface area contributed by atoms with Gasteiger partial charge in [-0.15, -0.1) is 0 Å². The smallest absolute Gasteiger partial charge is 0.246 e. The molecule has 0 bridgehead atoms. The van der Waals surface area contributed by atoms with Crippen LogP contribution >= 0.6 is 0 Å². The summed E-state index contributed by atoms with van der Waals surface area (Å²) in [5, 5.41) is 2.76. The molecule has 1 aromatic carbocycles. The first-order valence-corrected chi connectivity index (χ1v) is 9.76. The fourth-order valence-electron chi connectivity index (χ4n) is 2.31. The summed E-state index contributed by atoms with van der Waals surface area (Å²) >= 11 is 0. The van der Waals surface area contributed by atoms with Gasteiger partial charge in [-0.05, 0) is 25.1 Å². The Balaban J connectivity index is 2.39. The highest BCUT2D eigenvalue weighted by Crippen LogP contribution is 2.31. The third-order valence-corrected chi connectivity index (χ3v) is 5.69. The van der Waals surface area contributed by atoms with Crippen LogP contribution in [0.15, 0.2) is 23.1 Å². The second-order valence-electron chi connectivity index (χ2n) is 6.82. The standard InChI is InChI=1S/C17H26N2O5S/c1-5-24-14-7-6-13(18-16(20)17(2,3)4)12-15(14)25(21,22)19-8-10-23-11-9-19/h6-7,12H,5,8-11H2,1-4H3,(H,18,20). The molecule has 1 amide bonds. The average molecular weight is 370 g/mol. The molecule has 1 heterocycles. The normalized spacial score (nSPS) is 16.5. The summed E-state index contributed by atoms with van der Waals surface area (Å²) in [6.45, 7) is 8.85. The Labute approximate surface area is 149 Å². The lowest BCUT2D eigenvalue weighted by Gasteiger charge is -2.27. The van der Waals surface area contributed by atoms with E-state index < -0.39 is 15.4 Å². The van der Waals surface area contributed by atoms with Crippen LogP contribution in [0.3, 0.4) is 0 Å². The second-order valence-corrected chi connectivity index (χ2v) is 8.72. The van der Waals surface area contributed by atoms with Crippen molar-refractivity contribution in [3.63, 3.8) is 0 Å². The van der Waals surface area contributed by atoms with E-state index in [1.54, 1.807) is 39.8 Å². The molecule has 8 heteroatoms. The van der Waals surface area contributed by atoms with Crippen molar-refractivity contribution in [2.24, 2.45) is 5.41 Å². The fraction of sp³-hybridized carbons (Fsp3) is 0.588. The minimum atomic E-state index is -3.73. The molecule has 1 saturated heterocycles. The molecule has 140 valence electrons. The molecule has 7 nitrogen and oxygen atoms in total. The van der Waals surface area contributed by atoms with Crippen molar-refractivity contribution in [3.8, 4) is 5.75 Å². The first-order chi connectivity index (χ1) is 11.7. The van der Waals surface area contributed by atoms with Crippen molar-refractivity contribution < 1.29 is 22.7 Å². The molecule has 1 aromatic rings. The van der Waals surface area contributed by atoms with Gasteiger partial charge in [0, 0.05) is 24.2 Å². The summed E-state index contributed by atoms with van der Waals surface area (Å²) in [4.78, 5) is 12.2. The van der Waals surface area contributed by atoms with Gasteiger partial charge in [0.25, 0.3) is 0 Å². The maximum atomic E-state index is 13.0. The Morgan fingerprint density at radius 2 is 1.92 bits per heavy atom. The molecule has 0 spiro atoms. The van der Waals surface area contributed by atoms with E-state index in [0.29, 0.717) is 38.6 Å². The summed E-state index contributed by atoms with van der Waals surface area (Å²) in [6.07, 6.45) is 0. The number of amides is 1. The topological polar surface area (TPSA) is 84.9 Å². The van der Waals surface area contributed by atoms with Gasteiger partial charge in [-0.1, -0.05) is 20.8 Å². The van der Waals surface area contributed by atoms with Crippen molar-refractivity contribution in [2.75, 3.05) is 38.2 Å². The number of anilines is 1. The zero-order chi connectivity index (χ0) is 18.7. The number of carbonyl (C=O) groups is 1. The predicted molar refractivity (Wildman–Crippen MR) is 95.3 cm³/mol. The number of hydrogen-bond donors (Lipinski definition) is 1. The molecule has 25 heavy (non-hydrogen) atoms. The van der Waals surface area contributed by atoms with E-state index in [1.165, 1.54) is 10.4 Å². The van der Waals surface area contributed by atoms with Crippen molar-refractivity contribution >= 4 is 21.6 Å². The molecule has 1 aliphatic rings. The highest BCUT2D eigenvalue weighted by atomic mass is 32.2. The van der Waals surface area contributed by atoms with Crippen LogP contribution in [-0.2, 0) is 19.6 Å². The first kappa shape index (κ1) is 19.7. The summed E-state index contributed by atoms with van der Waals surface area (Å²) in [5.41, 5.74) is -0.155. The Morgan fingerprint density at radius 1 is 1.28 bits per heavy atom. The third-order valence-electron chi connectivity index (χ3n) is 3.77. The second kappa shape index (κ2) is 7.72. The minimum absolute atomic E-state index is 0.0583. The van der Waals surface area contributed by atoms with Crippen LogP contribution in [-0.4, -0.2) is 51.5 Å². The molecular formula is C17H26N2O5S. The monoisotopic (exact) mass is 370 g/mol. The van der Waals surface area contributed by atoms with Crippen LogP contribution < -0.4 is 10.1 Å². The third kappa shape index (κ3) is 4.71. The molecule has 0 aromatic heterocycles. The molecule has 2 rings (SSSR count). The number of hydrogen-bond acceptors (Lipinski definition) is 5. The van der Waals surface area contributed by atoms with Crippen molar-refractivity contribution in [3.05, 3.63) is 18.2 Å². The van der Waals surface area contributed by atoms with E-state index in [-0.39, 0.29) is 16.6 Å². The Bertz CT molecular complexity index is 719. The van der Waals surface area contributed by atoms with Crippen molar-refractivity contribution in [1.82, 2.24) is 4.31 Å². The van der Waals surface area contributed by atoms with E-state index in [0.717, 1.165) is 0 Å². The van der Waals surface area contributed by atoms with Crippen LogP contribution in [0.2, 0.25) is 0 Å². The van der Waals surface area contributed by atoms with E-state index >= 15 is 0 Å². The highest BCUT2D eigenvalue weighted by Gasteiger charge is 2.30. The maximum Gasteiger partial charge on any atom is 0.246 e. The maximum absolute atomic E-state index is 13.0. The molecule has 0 radical (unpaired) electrons. The van der Waals surface area contributed by atoms with Gasteiger partial charge in [-0.25, -0.2) is 8.42 Å². The minimum Gasteiger partial charge on any atom is -0.492 e. The molecule has 0 aliphatic carbocycles. The number of sulfonamides is 1. The summed E-state index contributed by atoms with van der Waals surface area (Å²) in [5.74, 6) is 0.0918. The fourth-order valence-corrected chi connectivity index (χ4v) is 3.87. The van der Waals surface area contributed by atoms with Crippen molar-refractivity contribution in [2.45, 2.75) is 32.6 Å². The number of rotatable bonds is 5. The van der Waals surface area contributed by atoms with Gasteiger partial charge in [0.2, 0.25) is 15.9 Å². The van der Waals surface area contributed by atoms with Gasteiger partial charge >= 0.3 is 0 Å². The number of morpholine rings is 1. The number of nitrogens with zero attached hydrogens (tertiary/aromatic N) is 1. The lowest BCUT2D eigenvalue weighted by atomic mass is 9.95. The lowest BCUT2D eigenvalue weighted by molar-refractivity contribution is -0.123. The van der Waals surface area contributed by atoms with Gasteiger partial charge in [0.05, 0.1) is 19.8 Å². The number of benzene rings is 1. The van der Waals surface area contributed by atoms with E-state index in [2.05, 4.69) is 5.32 Å². The molecule has 1 N–H and O–H groups in total. The Kier molecular flexibility index (Phi) is 6.08. The number of carbonyl (C=O) groups excluding carboxylic acids is 1. The highest BCUT2D eigenvalue weighted by molar-refractivity contribution is 7.89. The van der Waals surface area contributed by atoms with Crippen LogP contribution in [0.25, 0.3) is 0 Å². The van der Waals surface area contributed by atoms with Gasteiger partial charge in [0.1, 0.15) is 10.6 Å². The molecular weight excluding hydrogens is 344 g/mol. The average Bonchev–Trinajstić information content (AvgIpc) is 2.56. The Morgan fingerprint density at radius 3 is 2.48 bits per heavy atom. The van der Waals surface area contributed by atoms with Crippen LogP contribution in [0, 0.1) is 5.41 Å². The number of ether oxygens (including phenoxy) is 2. The Hall–Kier alpha value is -1.64. The van der Waals surface area contributed by atoms with Crippen LogP contribution in [0.4, 0.5) is 5.69 Å². The summed E-state index contributed by atoms with van der Waals surface area (Å²) in [6, 6.07) is 4.68. The molecule has 0 atom stereocenters. The molecule has 1 fully saturated rings. The first-order valence-electron chi connectivity index (χ1n) is 8.32.